The first-order valence-corrected chi connectivity index (χ1v) is 8.54. The van der Waals surface area contributed by atoms with Gasteiger partial charge in [0.1, 0.15) is 0 Å². The van der Waals surface area contributed by atoms with E-state index >= 15 is 0 Å². The van der Waals surface area contributed by atoms with Gasteiger partial charge in [-0.1, -0.05) is 33.6 Å². The summed E-state index contributed by atoms with van der Waals surface area (Å²) >= 11 is 4.83. The third-order valence-electron chi connectivity index (χ3n) is 5.42. The third kappa shape index (κ3) is 3.03. The highest BCUT2D eigenvalue weighted by Crippen LogP contribution is 2.57. The second-order valence-electron chi connectivity index (χ2n) is 7.19. The van der Waals surface area contributed by atoms with E-state index in [-0.39, 0.29) is 0 Å². The number of thiol groups is 1. The molecular weight excluding hydrogens is 243 g/mol. The van der Waals surface area contributed by atoms with Gasteiger partial charge in [0.2, 0.25) is 0 Å². The van der Waals surface area contributed by atoms with Gasteiger partial charge < -0.3 is 0 Å². The topological polar surface area (TPSA) is 0 Å². The Morgan fingerprint density at radius 2 is 1.82 bits per heavy atom. The Balaban J connectivity index is 2.03. The summed E-state index contributed by atoms with van der Waals surface area (Å²) < 4.78 is 0. The first-order chi connectivity index (χ1) is 7.92. The molecule has 0 radical (unpaired) electrons. The van der Waals surface area contributed by atoms with Crippen LogP contribution >= 0.6 is 21.9 Å². The SMILES string of the molecule is CC1CC(S)C(P)CCCCC2C1CC2(C)C. The molecule has 0 saturated heterocycles. The minimum Gasteiger partial charge on any atom is -0.175 e. The van der Waals surface area contributed by atoms with E-state index in [2.05, 4.69) is 30.0 Å². The van der Waals surface area contributed by atoms with Gasteiger partial charge in [-0.25, -0.2) is 0 Å². The van der Waals surface area contributed by atoms with Crippen molar-refractivity contribution in [1.82, 2.24) is 0 Å². The Morgan fingerprint density at radius 3 is 2.47 bits per heavy atom. The summed E-state index contributed by atoms with van der Waals surface area (Å²) in [5, 5.41) is 0.595. The van der Waals surface area contributed by atoms with Crippen LogP contribution in [0.5, 0.6) is 0 Å². The maximum absolute atomic E-state index is 4.83. The summed E-state index contributed by atoms with van der Waals surface area (Å²) in [6, 6.07) is 0. The quantitative estimate of drug-likeness (QED) is 0.475. The normalized spacial score (nSPS) is 46.8. The van der Waals surface area contributed by atoms with E-state index in [0.29, 0.717) is 10.7 Å². The molecule has 0 spiro atoms. The molecule has 0 heterocycles. The van der Waals surface area contributed by atoms with E-state index in [0.717, 1.165) is 23.4 Å². The van der Waals surface area contributed by atoms with Gasteiger partial charge in [-0.2, -0.15) is 12.6 Å². The van der Waals surface area contributed by atoms with Gasteiger partial charge in [-0.05, 0) is 54.5 Å². The predicted molar refractivity (Wildman–Crippen MR) is 83.9 cm³/mol. The number of hydrogen-bond acceptors (Lipinski definition) is 1. The summed E-state index contributed by atoms with van der Waals surface area (Å²) in [5.41, 5.74) is 1.34. The van der Waals surface area contributed by atoms with Crippen molar-refractivity contribution in [3.05, 3.63) is 0 Å². The van der Waals surface area contributed by atoms with E-state index in [1.54, 1.807) is 0 Å². The summed E-state index contributed by atoms with van der Waals surface area (Å²) in [6.45, 7) is 7.42. The van der Waals surface area contributed by atoms with E-state index < -0.39 is 0 Å². The predicted octanol–water partition coefficient (Wildman–Crippen LogP) is 4.79. The van der Waals surface area contributed by atoms with Crippen molar-refractivity contribution in [3.63, 3.8) is 0 Å². The molecule has 2 fully saturated rings. The van der Waals surface area contributed by atoms with Crippen molar-refractivity contribution in [2.24, 2.45) is 23.2 Å². The lowest BCUT2D eigenvalue weighted by molar-refractivity contribution is -0.0519. The average molecular weight is 272 g/mol. The van der Waals surface area contributed by atoms with Gasteiger partial charge in [0.05, 0.1) is 0 Å². The standard InChI is InChI=1S/C15H29PS/c1-10-8-14(17)13(16)7-5-4-6-12-11(10)9-15(12,2)3/h10-14,17H,4-9,16H2,1-3H3. The molecule has 2 rings (SSSR count). The van der Waals surface area contributed by atoms with Crippen LogP contribution in [0, 0.1) is 23.2 Å². The highest BCUT2D eigenvalue weighted by molar-refractivity contribution is 7.81. The molecule has 100 valence electrons. The summed E-state index contributed by atoms with van der Waals surface area (Å²) in [7, 11) is 3.03. The van der Waals surface area contributed by atoms with Gasteiger partial charge in [0, 0.05) is 5.25 Å². The number of fused-ring (bicyclic) bond motifs is 1. The molecule has 0 aromatic carbocycles. The second kappa shape index (κ2) is 5.41. The first kappa shape index (κ1) is 14.2. The van der Waals surface area contributed by atoms with Crippen LogP contribution in [-0.4, -0.2) is 10.9 Å². The first-order valence-electron chi connectivity index (χ1n) is 7.35. The fourth-order valence-corrected chi connectivity index (χ4v) is 5.06. The zero-order chi connectivity index (χ0) is 12.6. The Kier molecular flexibility index (Phi) is 4.52. The fourth-order valence-electron chi connectivity index (χ4n) is 4.19. The van der Waals surface area contributed by atoms with Crippen molar-refractivity contribution in [2.75, 3.05) is 0 Å². The van der Waals surface area contributed by atoms with Gasteiger partial charge in [0.15, 0.2) is 0 Å². The molecular formula is C15H29PS. The lowest BCUT2D eigenvalue weighted by Crippen LogP contribution is -2.47. The Hall–Kier alpha value is 0.780. The van der Waals surface area contributed by atoms with Crippen LogP contribution in [0.2, 0.25) is 0 Å². The molecule has 0 nitrogen and oxygen atoms in total. The van der Waals surface area contributed by atoms with Crippen LogP contribution in [0.15, 0.2) is 0 Å². The molecule has 0 N–H and O–H groups in total. The van der Waals surface area contributed by atoms with Crippen LogP contribution in [0.1, 0.15) is 59.3 Å². The fraction of sp³-hybridized carbons (Fsp3) is 1.00. The smallest absolute Gasteiger partial charge is 0.00822 e. The van der Waals surface area contributed by atoms with Gasteiger partial charge >= 0.3 is 0 Å². The summed E-state index contributed by atoms with van der Waals surface area (Å²) in [5.74, 6) is 2.84. The minimum absolute atomic E-state index is 0.595. The monoisotopic (exact) mass is 272 g/mol. The molecule has 6 atom stereocenters. The third-order valence-corrected chi connectivity index (χ3v) is 7.14. The van der Waals surface area contributed by atoms with E-state index in [1.165, 1.54) is 38.5 Å². The van der Waals surface area contributed by atoms with E-state index in [4.69, 9.17) is 12.6 Å². The number of hydrogen-bond donors (Lipinski definition) is 1. The Bertz CT molecular complexity index is 264. The lowest BCUT2D eigenvalue weighted by Gasteiger charge is -2.55. The maximum atomic E-state index is 4.83. The van der Waals surface area contributed by atoms with Crippen LogP contribution in [0.4, 0.5) is 0 Å². The van der Waals surface area contributed by atoms with Gasteiger partial charge in [-0.15, -0.1) is 9.24 Å². The zero-order valence-electron chi connectivity index (χ0n) is 11.7. The van der Waals surface area contributed by atoms with Crippen molar-refractivity contribution < 1.29 is 0 Å². The van der Waals surface area contributed by atoms with Gasteiger partial charge in [-0.3, -0.25) is 0 Å². The maximum Gasteiger partial charge on any atom is 0.00822 e. The van der Waals surface area contributed by atoms with Crippen molar-refractivity contribution in [2.45, 2.75) is 70.2 Å². The molecule has 0 aromatic heterocycles. The van der Waals surface area contributed by atoms with Crippen LogP contribution in [0.3, 0.4) is 0 Å². The Morgan fingerprint density at radius 1 is 1.18 bits per heavy atom. The Labute approximate surface area is 115 Å². The zero-order valence-corrected chi connectivity index (χ0v) is 13.7. The largest absolute Gasteiger partial charge is 0.175 e. The van der Waals surface area contributed by atoms with Crippen LogP contribution < -0.4 is 0 Å². The highest BCUT2D eigenvalue weighted by atomic mass is 32.1. The molecule has 0 amide bonds. The molecule has 17 heavy (non-hydrogen) atoms. The molecule has 2 saturated carbocycles. The average Bonchev–Trinajstić information content (AvgIpc) is 2.24. The van der Waals surface area contributed by atoms with Crippen molar-refractivity contribution >= 4 is 21.9 Å². The highest BCUT2D eigenvalue weighted by Gasteiger charge is 2.48. The molecule has 2 heteroatoms. The molecule has 0 aliphatic heterocycles. The summed E-state index contributed by atoms with van der Waals surface area (Å²) in [6.07, 6.45) is 8.41. The number of rotatable bonds is 0. The summed E-state index contributed by atoms with van der Waals surface area (Å²) in [4.78, 5) is 0. The molecule has 0 aromatic rings. The van der Waals surface area contributed by atoms with E-state index in [9.17, 15) is 0 Å². The van der Waals surface area contributed by atoms with Crippen LogP contribution in [-0.2, 0) is 0 Å². The molecule has 0 bridgehead atoms. The van der Waals surface area contributed by atoms with Crippen molar-refractivity contribution in [3.8, 4) is 0 Å². The second-order valence-corrected chi connectivity index (χ2v) is 8.71. The molecule has 2 aliphatic carbocycles. The van der Waals surface area contributed by atoms with Crippen molar-refractivity contribution in [1.29, 1.82) is 0 Å². The minimum atomic E-state index is 0.595. The lowest BCUT2D eigenvalue weighted by atomic mass is 9.50. The molecule has 6 unspecified atom stereocenters. The molecule has 2 aliphatic rings. The van der Waals surface area contributed by atoms with Gasteiger partial charge in [0.25, 0.3) is 0 Å². The van der Waals surface area contributed by atoms with E-state index in [1.807, 2.05) is 0 Å². The van der Waals surface area contributed by atoms with Crippen LogP contribution in [0.25, 0.3) is 0 Å².